The molecule has 0 N–H and O–H groups in total. The van der Waals surface area contributed by atoms with Crippen LogP contribution in [0, 0.1) is 0 Å². The summed E-state index contributed by atoms with van der Waals surface area (Å²) in [5.74, 6) is -7.89. The third kappa shape index (κ3) is 14.8. The van der Waals surface area contributed by atoms with Gasteiger partial charge in [-0.15, -0.1) is 0 Å². The zero-order valence-electron chi connectivity index (χ0n) is 39.2. The predicted octanol–water partition coefficient (Wildman–Crippen LogP) is 1.19. The molecule has 4 aliphatic heterocycles. The largest absolute Gasteiger partial charge is 0.463 e. The molecule has 0 radical (unpaired) electrons. The van der Waals surface area contributed by atoms with Gasteiger partial charge in [-0.1, -0.05) is 30.3 Å². The maximum atomic E-state index is 12.8. The standard InChI is InChI=1S/C44H58O24/c1-20(45)53-16-29-34(57-22(3)47)37(59-24(5)49)39(61-26(7)51)42(64-29)55-18-31-33(36(32-19-56-44(9,10)68-32)66-41(63-31)28-14-12-11-13-15-28)67-43-40(62-27(8)52)38(60-25(6)50)35(58-23(4)48)30(65-43)17-54-21(2)46/h11-15,29-43H,16-19H2,1-10H3/t29-,30-,31+,32-,33-,34-,35-,36-,37+,38+,39-,40-,41?,42-,43+/m1/s1. The van der Waals surface area contributed by atoms with Crippen LogP contribution >= 0.6 is 0 Å². The van der Waals surface area contributed by atoms with Crippen molar-refractivity contribution in [2.24, 2.45) is 0 Å². The summed E-state index contributed by atoms with van der Waals surface area (Å²) in [5.41, 5.74) is 0.513. The van der Waals surface area contributed by atoms with Gasteiger partial charge in [-0.05, 0) is 13.8 Å². The quantitative estimate of drug-likeness (QED) is 0.156. The van der Waals surface area contributed by atoms with Gasteiger partial charge in [0, 0.05) is 61.0 Å². The van der Waals surface area contributed by atoms with E-state index < -0.39 is 165 Å². The van der Waals surface area contributed by atoms with E-state index in [-0.39, 0.29) is 6.61 Å². The van der Waals surface area contributed by atoms with Crippen LogP contribution < -0.4 is 0 Å². The van der Waals surface area contributed by atoms with Gasteiger partial charge in [0.15, 0.2) is 61.3 Å². The average molecular weight is 971 g/mol. The van der Waals surface area contributed by atoms with Crippen LogP contribution in [0.1, 0.15) is 81.1 Å². The van der Waals surface area contributed by atoms with Gasteiger partial charge in [0.05, 0.1) is 13.2 Å². The molecule has 4 fully saturated rings. The van der Waals surface area contributed by atoms with Crippen molar-refractivity contribution in [3.63, 3.8) is 0 Å². The summed E-state index contributed by atoms with van der Waals surface area (Å²) in [7, 11) is 0. The summed E-state index contributed by atoms with van der Waals surface area (Å²) < 4.78 is 95.1. The van der Waals surface area contributed by atoms with E-state index in [4.69, 9.17) is 75.8 Å². The van der Waals surface area contributed by atoms with Crippen LogP contribution in [-0.4, -0.2) is 166 Å². The molecule has 4 heterocycles. The van der Waals surface area contributed by atoms with Crippen molar-refractivity contribution in [2.75, 3.05) is 26.4 Å². The Labute approximate surface area is 390 Å². The van der Waals surface area contributed by atoms with Crippen molar-refractivity contribution in [3.8, 4) is 0 Å². The summed E-state index contributed by atoms with van der Waals surface area (Å²) in [4.78, 5) is 99.6. The Morgan fingerprint density at radius 1 is 0.500 bits per heavy atom. The topological polar surface area (TPSA) is 284 Å². The third-order valence-electron chi connectivity index (χ3n) is 10.4. The first-order valence-corrected chi connectivity index (χ1v) is 21.6. The molecule has 68 heavy (non-hydrogen) atoms. The first-order chi connectivity index (χ1) is 32.0. The van der Waals surface area contributed by atoms with E-state index in [1.54, 1.807) is 44.2 Å². The van der Waals surface area contributed by atoms with Crippen LogP contribution in [0.5, 0.6) is 0 Å². The van der Waals surface area contributed by atoms with E-state index in [1.807, 2.05) is 0 Å². The first kappa shape index (κ1) is 53.6. The summed E-state index contributed by atoms with van der Waals surface area (Å²) in [6, 6.07) is 8.67. The zero-order chi connectivity index (χ0) is 50.0. The lowest BCUT2D eigenvalue weighted by Crippen LogP contribution is -2.66. The van der Waals surface area contributed by atoms with Crippen molar-refractivity contribution in [3.05, 3.63) is 35.9 Å². The fourth-order valence-electron chi connectivity index (χ4n) is 7.91. The Balaban J connectivity index is 1.63. The Morgan fingerprint density at radius 3 is 1.37 bits per heavy atom. The summed E-state index contributed by atoms with van der Waals surface area (Å²) in [6.45, 7) is 10.2. The fourth-order valence-corrected chi connectivity index (χ4v) is 7.91. The Hall–Kier alpha value is -5.34. The molecular formula is C44H58O24. The predicted molar refractivity (Wildman–Crippen MR) is 219 cm³/mol. The summed E-state index contributed by atoms with van der Waals surface area (Å²) >= 11 is 0. The second-order valence-corrected chi connectivity index (χ2v) is 16.5. The molecule has 0 bridgehead atoms. The third-order valence-corrected chi connectivity index (χ3v) is 10.4. The monoisotopic (exact) mass is 970 g/mol. The molecule has 1 aromatic rings. The number of esters is 8. The number of hydrogen-bond donors (Lipinski definition) is 0. The van der Waals surface area contributed by atoms with Gasteiger partial charge in [-0.2, -0.15) is 0 Å². The minimum atomic E-state index is -1.77. The molecule has 1 aromatic carbocycles. The van der Waals surface area contributed by atoms with E-state index in [0.717, 1.165) is 55.4 Å². The van der Waals surface area contributed by atoms with Gasteiger partial charge in [-0.3, -0.25) is 38.4 Å². The molecule has 1 unspecified atom stereocenters. The van der Waals surface area contributed by atoms with Crippen molar-refractivity contribution in [2.45, 2.75) is 167 Å². The number of rotatable bonds is 17. The normalized spacial score (nSPS) is 33.2. The molecule has 0 amide bonds. The van der Waals surface area contributed by atoms with Gasteiger partial charge in [0.1, 0.15) is 49.8 Å². The van der Waals surface area contributed by atoms with E-state index >= 15 is 0 Å². The lowest BCUT2D eigenvalue weighted by molar-refractivity contribution is -0.376. The van der Waals surface area contributed by atoms with Crippen molar-refractivity contribution in [1.29, 1.82) is 0 Å². The first-order valence-electron chi connectivity index (χ1n) is 21.6. The van der Waals surface area contributed by atoms with Gasteiger partial charge in [0.2, 0.25) is 0 Å². The number of ether oxygens (including phenoxy) is 16. The van der Waals surface area contributed by atoms with Crippen molar-refractivity contribution in [1.82, 2.24) is 0 Å². The SMILES string of the molecule is CC(=O)OC[C@H]1O[C@@H](OC[C@@H]2OC(c3ccccc3)O[C@H]([C@H]3COC(C)(C)O3)[C@@H]2O[C@@H]2O[C@H](COC(C)=O)[C@@H](OC(C)=O)[C@H](OC(C)=O)[C@H]2OC(C)=O)[C@H](OC(C)=O)[C@@H](OC(C)=O)[C@@H]1OC(C)=O. The average Bonchev–Trinajstić information content (AvgIpc) is 3.61. The molecule has 0 aliphatic carbocycles. The van der Waals surface area contributed by atoms with Gasteiger partial charge >= 0.3 is 47.8 Å². The van der Waals surface area contributed by atoms with Crippen LogP contribution in [0.15, 0.2) is 30.3 Å². The molecule has 24 heteroatoms. The molecule has 0 spiro atoms. The Morgan fingerprint density at radius 2 is 0.926 bits per heavy atom. The zero-order valence-corrected chi connectivity index (χ0v) is 39.2. The van der Waals surface area contributed by atoms with Crippen LogP contribution in [0.2, 0.25) is 0 Å². The van der Waals surface area contributed by atoms with Crippen LogP contribution in [0.4, 0.5) is 0 Å². The highest BCUT2D eigenvalue weighted by Crippen LogP contribution is 2.40. The molecule has 15 atom stereocenters. The summed E-state index contributed by atoms with van der Waals surface area (Å²) in [6.07, 6.45) is -21.9. The molecule has 378 valence electrons. The minimum absolute atomic E-state index is 0.0646. The second-order valence-electron chi connectivity index (χ2n) is 16.5. The lowest BCUT2D eigenvalue weighted by Gasteiger charge is -2.49. The maximum absolute atomic E-state index is 12.8. The molecule has 4 saturated heterocycles. The highest BCUT2D eigenvalue weighted by atomic mass is 16.8. The maximum Gasteiger partial charge on any atom is 0.303 e. The van der Waals surface area contributed by atoms with E-state index in [2.05, 4.69) is 0 Å². The highest BCUT2D eigenvalue weighted by Gasteiger charge is 2.58. The summed E-state index contributed by atoms with van der Waals surface area (Å²) in [5, 5.41) is 0. The number of hydrogen-bond acceptors (Lipinski definition) is 24. The van der Waals surface area contributed by atoms with Gasteiger partial charge in [-0.25, -0.2) is 0 Å². The van der Waals surface area contributed by atoms with E-state index in [9.17, 15) is 38.4 Å². The van der Waals surface area contributed by atoms with Gasteiger partial charge in [0.25, 0.3) is 0 Å². The molecule has 4 aliphatic rings. The van der Waals surface area contributed by atoms with E-state index in [1.165, 1.54) is 0 Å². The lowest BCUT2D eigenvalue weighted by atomic mass is 9.96. The van der Waals surface area contributed by atoms with Crippen LogP contribution in [0.3, 0.4) is 0 Å². The molecular weight excluding hydrogens is 912 g/mol. The molecule has 0 aromatic heterocycles. The smallest absolute Gasteiger partial charge is 0.303 e. The van der Waals surface area contributed by atoms with Crippen molar-refractivity contribution >= 4 is 47.8 Å². The van der Waals surface area contributed by atoms with Crippen LogP contribution in [-0.2, 0) is 114 Å². The Bertz CT molecular complexity index is 1960. The molecule has 24 nitrogen and oxygen atoms in total. The number of benzene rings is 1. The number of carbonyl (C=O) groups excluding carboxylic acids is 8. The molecule has 0 saturated carbocycles. The van der Waals surface area contributed by atoms with E-state index in [0.29, 0.717) is 5.56 Å². The fraction of sp³-hybridized carbons (Fsp3) is 0.682. The number of carbonyl (C=O) groups is 8. The van der Waals surface area contributed by atoms with Crippen molar-refractivity contribution < 1.29 is 114 Å². The van der Waals surface area contributed by atoms with Crippen LogP contribution in [0.25, 0.3) is 0 Å². The molecule has 5 rings (SSSR count). The Kier molecular flexibility index (Phi) is 18.8. The van der Waals surface area contributed by atoms with Gasteiger partial charge < -0.3 is 75.8 Å². The second kappa shape index (κ2) is 23.8. The minimum Gasteiger partial charge on any atom is -0.463 e. The highest BCUT2D eigenvalue weighted by molar-refractivity contribution is 5.70.